The molecular formula is C24H24BrNO5. The fourth-order valence-electron chi connectivity index (χ4n) is 2.83. The summed E-state index contributed by atoms with van der Waals surface area (Å²) in [6, 6.07) is 17.9. The van der Waals surface area contributed by atoms with Gasteiger partial charge >= 0.3 is 0 Å². The van der Waals surface area contributed by atoms with E-state index >= 15 is 0 Å². The molecular weight excluding hydrogens is 462 g/mol. The first-order valence-electron chi connectivity index (χ1n) is 9.78. The molecule has 3 aromatic rings. The van der Waals surface area contributed by atoms with Crippen molar-refractivity contribution in [2.45, 2.75) is 13.3 Å². The highest BCUT2D eigenvalue weighted by Gasteiger charge is 2.16. The van der Waals surface area contributed by atoms with Crippen LogP contribution in [0.4, 0.5) is 5.69 Å². The molecule has 0 unspecified atom stereocenters. The molecule has 0 aliphatic heterocycles. The third kappa shape index (κ3) is 5.70. The summed E-state index contributed by atoms with van der Waals surface area (Å²) in [6.07, 6.45) is 0.870. The molecule has 6 nitrogen and oxygen atoms in total. The van der Waals surface area contributed by atoms with Crippen molar-refractivity contribution in [3.8, 4) is 28.7 Å². The van der Waals surface area contributed by atoms with Crippen LogP contribution in [0.3, 0.4) is 0 Å². The van der Waals surface area contributed by atoms with Crippen molar-refractivity contribution in [2.24, 2.45) is 0 Å². The Morgan fingerprint density at radius 2 is 1.61 bits per heavy atom. The normalized spacial score (nSPS) is 10.3. The SMILES string of the molecule is CCCOc1c(Br)cc(C(=O)Nc2ccc(Oc3ccccc3OC)cc2)cc1OC. The number of rotatable bonds is 9. The van der Waals surface area contributed by atoms with Crippen LogP contribution in [0.2, 0.25) is 0 Å². The minimum absolute atomic E-state index is 0.264. The minimum atomic E-state index is -0.264. The third-order valence-corrected chi connectivity index (χ3v) is 4.94. The van der Waals surface area contributed by atoms with Crippen molar-refractivity contribution in [1.29, 1.82) is 0 Å². The van der Waals surface area contributed by atoms with E-state index < -0.39 is 0 Å². The third-order valence-electron chi connectivity index (χ3n) is 4.35. The number of halogens is 1. The Morgan fingerprint density at radius 3 is 2.26 bits per heavy atom. The lowest BCUT2D eigenvalue weighted by molar-refractivity contribution is 0.102. The molecule has 162 valence electrons. The summed E-state index contributed by atoms with van der Waals surface area (Å²) < 4.78 is 22.9. The number of hydrogen-bond acceptors (Lipinski definition) is 5. The van der Waals surface area contributed by atoms with Gasteiger partial charge in [0, 0.05) is 11.3 Å². The molecule has 0 heterocycles. The number of carbonyl (C=O) groups is 1. The Bertz CT molecular complexity index is 1040. The van der Waals surface area contributed by atoms with Gasteiger partial charge in [0.1, 0.15) is 5.75 Å². The zero-order valence-corrected chi connectivity index (χ0v) is 19.2. The van der Waals surface area contributed by atoms with Gasteiger partial charge in [0.2, 0.25) is 0 Å². The van der Waals surface area contributed by atoms with E-state index in [9.17, 15) is 4.79 Å². The van der Waals surface area contributed by atoms with Gasteiger partial charge in [-0.15, -0.1) is 0 Å². The molecule has 1 N–H and O–H groups in total. The number of amides is 1. The van der Waals surface area contributed by atoms with Crippen LogP contribution in [0.25, 0.3) is 0 Å². The summed E-state index contributed by atoms with van der Waals surface area (Å²) in [5, 5.41) is 2.88. The Hall–Kier alpha value is -3.19. The van der Waals surface area contributed by atoms with Gasteiger partial charge < -0.3 is 24.3 Å². The molecule has 0 aliphatic rings. The number of ether oxygens (including phenoxy) is 4. The Morgan fingerprint density at radius 1 is 0.935 bits per heavy atom. The van der Waals surface area contributed by atoms with Gasteiger partial charge in [-0.25, -0.2) is 0 Å². The molecule has 0 saturated heterocycles. The van der Waals surface area contributed by atoms with E-state index in [0.717, 1.165) is 6.42 Å². The van der Waals surface area contributed by atoms with Crippen LogP contribution >= 0.6 is 15.9 Å². The molecule has 7 heteroatoms. The minimum Gasteiger partial charge on any atom is -0.493 e. The molecule has 0 saturated carbocycles. The van der Waals surface area contributed by atoms with Crippen LogP contribution in [0.1, 0.15) is 23.7 Å². The average molecular weight is 486 g/mol. The maximum atomic E-state index is 12.7. The van der Waals surface area contributed by atoms with Crippen LogP contribution in [0, 0.1) is 0 Å². The van der Waals surface area contributed by atoms with E-state index in [-0.39, 0.29) is 5.91 Å². The number of anilines is 1. The molecule has 0 spiro atoms. The lowest BCUT2D eigenvalue weighted by atomic mass is 10.1. The van der Waals surface area contributed by atoms with E-state index in [2.05, 4.69) is 21.2 Å². The van der Waals surface area contributed by atoms with Crippen molar-refractivity contribution in [2.75, 3.05) is 26.1 Å². The molecule has 0 radical (unpaired) electrons. The van der Waals surface area contributed by atoms with E-state index in [1.54, 1.807) is 50.6 Å². The number of methoxy groups -OCH3 is 2. The molecule has 0 atom stereocenters. The molecule has 31 heavy (non-hydrogen) atoms. The summed E-state index contributed by atoms with van der Waals surface area (Å²) in [5.41, 5.74) is 1.08. The Labute approximate surface area is 190 Å². The summed E-state index contributed by atoms with van der Waals surface area (Å²) >= 11 is 3.46. The van der Waals surface area contributed by atoms with Gasteiger partial charge in [-0.2, -0.15) is 0 Å². The topological polar surface area (TPSA) is 66.0 Å². The summed E-state index contributed by atoms with van der Waals surface area (Å²) in [5.74, 6) is 2.70. The summed E-state index contributed by atoms with van der Waals surface area (Å²) in [6.45, 7) is 2.58. The number of carbonyl (C=O) groups excluding carboxylic acids is 1. The number of benzene rings is 3. The Kier molecular flexibility index (Phi) is 7.78. The smallest absolute Gasteiger partial charge is 0.255 e. The lowest BCUT2D eigenvalue weighted by Crippen LogP contribution is -2.12. The number of hydrogen-bond donors (Lipinski definition) is 1. The van der Waals surface area contributed by atoms with E-state index in [4.69, 9.17) is 18.9 Å². The standard InChI is InChI=1S/C24H24BrNO5/c1-4-13-30-23-19(25)14-16(15-22(23)29-3)24(27)26-17-9-11-18(12-10-17)31-21-8-6-5-7-20(21)28-2/h5-12,14-15H,4,13H2,1-3H3,(H,26,27). The van der Waals surface area contributed by atoms with Gasteiger partial charge in [0.25, 0.3) is 5.91 Å². The Balaban J connectivity index is 1.71. The first kappa shape index (κ1) is 22.5. The highest BCUT2D eigenvalue weighted by atomic mass is 79.9. The first-order chi connectivity index (χ1) is 15.0. The average Bonchev–Trinajstić information content (AvgIpc) is 2.79. The number of para-hydroxylation sites is 2. The van der Waals surface area contributed by atoms with Gasteiger partial charge in [-0.3, -0.25) is 4.79 Å². The van der Waals surface area contributed by atoms with Crippen LogP contribution in [-0.4, -0.2) is 26.7 Å². The highest BCUT2D eigenvalue weighted by Crippen LogP contribution is 2.37. The highest BCUT2D eigenvalue weighted by molar-refractivity contribution is 9.10. The van der Waals surface area contributed by atoms with Gasteiger partial charge in [0.05, 0.1) is 25.3 Å². The summed E-state index contributed by atoms with van der Waals surface area (Å²) in [4.78, 5) is 12.7. The van der Waals surface area contributed by atoms with Crippen molar-refractivity contribution < 1.29 is 23.7 Å². The second-order valence-electron chi connectivity index (χ2n) is 6.57. The molecule has 0 bridgehead atoms. The fraction of sp³-hybridized carbons (Fsp3) is 0.208. The summed E-state index contributed by atoms with van der Waals surface area (Å²) in [7, 11) is 3.14. The van der Waals surface area contributed by atoms with E-state index in [1.807, 2.05) is 31.2 Å². The second kappa shape index (κ2) is 10.7. The monoisotopic (exact) mass is 485 g/mol. The van der Waals surface area contributed by atoms with Crippen LogP contribution < -0.4 is 24.3 Å². The van der Waals surface area contributed by atoms with Crippen molar-refractivity contribution >= 4 is 27.5 Å². The first-order valence-corrected chi connectivity index (χ1v) is 10.6. The van der Waals surface area contributed by atoms with Gasteiger partial charge in [-0.1, -0.05) is 19.1 Å². The second-order valence-corrected chi connectivity index (χ2v) is 7.42. The van der Waals surface area contributed by atoms with Crippen LogP contribution in [0.15, 0.2) is 65.1 Å². The largest absolute Gasteiger partial charge is 0.493 e. The van der Waals surface area contributed by atoms with Crippen molar-refractivity contribution in [1.82, 2.24) is 0 Å². The number of nitrogens with one attached hydrogen (secondary N) is 1. The predicted octanol–water partition coefficient (Wildman–Crippen LogP) is 6.30. The van der Waals surface area contributed by atoms with E-state index in [1.165, 1.54) is 0 Å². The zero-order chi connectivity index (χ0) is 22.2. The molecule has 0 aromatic heterocycles. The molecule has 0 fully saturated rings. The van der Waals surface area contributed by atoms with E-state index in [0.29, 0.717) is 51.1 Å². The molecule has 3 rings (SSSR count). The van der Waals surface area contributed by atoms with Crippen molar-refractivity contribution in [3.05, 3.63) is 70.7 Å². The van der Waals surface area contributed by atoms with Crippen LogP contribution in [0.5, 0.6) is 28.7 Å². The zero-order valence-electron chi connectivity index (χ0n) is 17.6. The molecule has 1 amide bonds. The van der Waals surface area contributed by atoms with Gasteiger partial charge in [-0.05, 0) is 70.9 Å². The van der Waals surface area contributed by atoms with Crippen LogP contribution in [-0.2, 0) is 0 Å². The maximum absolute atomic E-state index is 12.7. The van der Waals surface area contributed by atoms with Gasteiger partial charge in [0.15, 0.2) is 23.0 Å². The lowest BCUT2D eigenvalue weighted by Gasteiger charge is -2.14. The molecule has 0 aliphatic carbocycles. The maximum Gasteiger partial charge on any atom is 0.255 e. The predicted molar refractivity (Wildman–Crippen MR) is 124 cm³/mol. The van der Waals surface area contributed by atoms with Crippen molar-refractivity contribution in [3.63, 3.8) is 0 Å². The molecule has 3 aromatic carbocycles. The quantitative estimate of drug-likeness (QED) is 0.385. The fourth-order valence-corrected chi connectivity index (χ4v) is 3.39.